The smallest absolute Gasteiger partial charge is 0.328 e. The Balaban J connectivity index is 1.90. The fraction of sp³-hybridized carbons (Fsp3) is 0.524. The molecule has 27 heavy (non-hydrogen) atoms. The van der Waals surface area contributed by atoms with E-state index >= 15 is 0 Å². The molecule has 0 bridgehead atoms. The molecule has 4 atom stereocenters. The number of carbonyl (C=O) groups is 1. The first kappa shape index (κ1) is 17.7. The maximum Gasteiger partial charge on any atom is 0.328 e. The summed E-state index contributed by atoms with van der Waals surface area (Å²) in [7, 11) is 1.44. The van der Waals surface area contributed by atoms with Crippen molar-refractivity contribution in [3.63, 3.8) is 0 Å². The normalized spacial score (nSPS) is 38.5. The van der Waals surface area contributed by atoms with Gasteiger partial charge in [0.2, 0.25) is 0 Å². The van der Waals surface area contributed by atoms with Crippen molar-refractivity contribution in [3.8, 4) is 0 Å². The van der Waals surface area contributed by atoms with Gasteiger partial charge in [-0.25, -0.2) is 0 Å². The van der Waals surface area contributed by atoms with Crippen LogP contribution < -0.4 is 0 Å². The molecule has 3 heterocycles. The van der Waals surface area contributed by atoms with Gasteiger partial charge in [0.05, 0.1) is 34.4 Å². The Kier molecular flexibility index (Phi) is 3.68. The second kappa shape index (κ2) is 5.60. The molecule has 4 nitrogen and oxygen atoms in total. The van der Waals surface area contributed by atoms with Crippen LogP contribution in [-0.2, 0) is 14.9 Å². The van der Waals surface area contributed by atoms with E-state index in [-0.39, 0.29) is 17.4 Å². The molecule has 1 saturated heterocycles. The Labute approximate surface area is 172 Å². The molecule has 0 aromatic heterocycles. The van der Waals surface area contributed by atoms with E-state index in [1.807, 2.05) is 18.2 Å². The molecule has 0 radical (unpaired) electrons. The third-order valence-electron chi connectivity index (χ3n) is 7.29. The highest BCUT2D eigenvalue weighted by atomic mass is 79.9. The van der Waals surface area contributed by atoms with Crippen molar-refractivity contribution in [1.82, 2.24) is 4.90 Å². The molecular formula is C21H22BrClN2O2. The number of allylic oxidation sites excluding steroid dienone is 1. The summed E-state index contributed by atoms with van der Waals surface area (Å²) >= 11 is 11.1. The van der Waals surface area contributed by atoms with Crippen LogP contribution in [0, 0.1) is 5.41 Å². The highest BCUT2D eigenvalue weighted by molar-refractivity contribution is 9.12. The van der Waals surface area contributed by atoms with Crippen LogP contribution in [0.3, 0.4) is 0 Å². The highest BCUT2D eigenvalue weighted by Gasteiger charge is 2.78. The van der Waals surface area contributed by atoms with Crippen molar-refractivity contribution in [2.45, 2.75) is 48.9 Å². The lowest BCUT2D eigenvalue weighted by molar-refractivity contribution is -0.145. The van der Waals surface area contributed by atoms with Crippen molar-refractivity contribution in [1.29, 1.82) is 0 Å². The average molecular weight is 450 g/mol. The van der Waals surface area contributed by atoms with Crippen molar-refractivity contribution >= 4 is 44.9 Å². The number of carbonyl (C=O) groups excluding carboxylic acids is 1. The number of nitrogens with zero attached hydrogens (tertiary/aromatic N) is 2. The van der Waals surface area contributed by atoms with Crippen LogP contribution in [0.5, 0.6) is 0 Å². The average Bonchev–Trinajstić information content (AvgIpc) is 3.16. The van der Waals surface area contributed by atoms with E-state index in [2.05, 4.69) is 40.0 Å². The van der Waals surface area contributed by atoms with Crippen molar-refractivity contribution in [2.24, 2.45) is 10.4 Å². The van der Waals surface area contributed by atoms with E-state index in [1.54, 1.807) is 0 Å². The fourth-order valence-corrected chi connectivity index (χ4v) is 7.66. The number of ether oxygens (including phenoxy) is 1. The zero-order chi connectivity index (χ0) is 19.0. The third-order valence-corrected chi connectivity index (χ3v) is 8.45. The minimum Gasteiger partial charge on any atom is -0.468 e. The molecule has 0 N–H and O–H groups in total. The molecule has 2 fully saturated rings. The van der Waals surface area contributed by atoms with Crippen LogP contribution in [0.15, 0.2) is 39.9 Å². The number of methoxy groups -OCH3 is 1. The van der Waals surface area contributed by atoms with Gasteiger partial charge in [-0.1, -0.05) is 25.1 Å². The molecule has 1 saturated carbocycles. The van der Waals surface area contributed by atoms with E-state index in [4.69, 9.17) is 21.3 Å². The largest absolute Gasteiger partial charge is 0.468 e. The van der Waals surface area contributed by atoms with Crippen LogP contribution in [0.25, 0.3) is 0 Å². The first-order chi connectivity index (χ1) is 12.9. The minimum atomic E-state index is -1.18. The van der Waals surface area contributed by atoms with Gasteiger partial charge in [-0.3, -0.25) is 9.79 Å². The Morgan fingerprint density at radius 1 is 1.44 bits per heavy atom. The standard InChI is InChI=1S/C21H22BrClN2O2/c1-3-19-9-6-10-25-11-14(22)16-21(17(19)25,20(23,12-19)18(26)27-2)13-7-4-5-8-15(13)24-16/h4-5,7-8,11,17H,3,6,9-10,12H2,1-2H3/t17-,19-,20-,21-/m0/s1. The zero-order valence-corrected chi connectivity index (χ0v) is 17.8. The maximum atomic E-state index is 13.2. The van der Waals surface area contributed by atoms with Gasteiger partial charge in [0.1, 0.15) is 0 Å². The number of halogens is 2. The van der Waals surface area contributed by atoms with Gasteiger partial charge in [-0.15, -0.1) is 11.6 Å². The maximum absolute atomic E-state index is 13.2. The number of hydrogen-bond donors (Lipinski definition) is 0. The number of piperidine rings is 1. The molecule has 4 aliphatic rings. The van der Waals surface area contributed by atoms with Crippen LogP contribution in [0.2, 0.25) is 0 Å². The Bertz CT molecular complexity index is 915. The predicted octanol–water partition coefficient (Wildman–Crippen LogP) is 4.68. The molecule has 1 aliphatic carbocycles. The number of aliphatic imine (C=N–C) groups is 1. The van der Waals surface area contributed by atoms with Gasteiger partial charge >= 0.3 is 5.97 Å². The van der Waals surface area contributed by atoms with E-state index in [0.29, 0.717) is 6.42 Å². The van der Waals surface area contributed by atoms with Crippen LogP contribution in [-0.4, -0.2) is 41.2 Å². The summed E-state index contributed by atoms with van der Waals surface area (Å²) in [5.41, 5.74) is 2.09. The monoisotopic (exact) mass is 448 g/mol. The lowest BCUT2D eigenvalue weighted by Gasteiger charge is -2.54. The number of hydrogen-bond acceptors (Lipinski definition) is 4. The Morgan fingerprint density at radius 3 is 2.96 bits per heavy atom. The molecule has 142 valence electrons. The highest BCUT2D eigenvalue weighted by Crippen LogP contribution is 2.70. The number of alkyl halides is 1. The van der Waals surface area contributed by atoms with Gasteiger partial charge < -0.3 is 9.64 Å². The summed E-state index contributed by atoms with van der Waals surface area (Å²) in [6.07, 6.45) is 5.91. The molecule has 0 amide bonds. The fourth-order valence-electron chi connectivity index (χ4n) is 6.36. The summed E-state index contributed by atoms with van der Waals surface area (Å²) in [5, 5.41) is 0. The van der Waals surface area contributed by atoms with E-state index in [0.717, 1.165) is 47.3 Å². The summed E-state index contributed by atoms with van der Waals surface area (Å²) in [6, 6.07) is 8.22. The predicted molar refractivity (Wildman–Crippen MR) is 110 cm³/mol. The Hall–Kier alpha value is -1.33. The molecule has 3 aliphatic heterocycles. The van der Waals surface area contributed by atoms with Gasteiger partial charge in [0.15, 0.2) is 4.87 Å². The molecular weight excluding hydrogens is 428 g/mol. The number of rotatable bonds is 2. The first-order valence-corrected chi connectivity index (χ1v) is 10.7. The molecule has 1 spiro atoms. The minimum absolute atomic E-state index is 0.0450. The summed E-state index contributed by atoms with van der Waals surface area (Å²) in [5.74, 6) is -0.349. The number of esters is 1. The first-order valence-electron chi connectivity index (χ1n) is 9.54. The van der Waals surface area contributed by atoms with Gasteiger partial charge in [0.25, 0.3) is 0 Å². The van der Waals surface area contributed by atoms with Gasteiger partial charge in [-0.05, 0) is 58.7 Å². The summed E-state index contributed by atoms with van der Waals surface area (Å²) in [6.45, 7) is 3.19. The second-order valence-electron chi connectivity index (χ2n) is 8.19. The second-order valence-corrected chi connectivity index (χ2v) is 9.69. The topological polar surface area (TPSA) is 41.9 Å². The molecule has 6 heteroatoms. The van der Waals surface area contributed by atoms with Crippen molar-refractivity contribution in [3.05, 3.63) is 40.5 Å². The van der Waals surface area contributed by atoms with E-state index < -0.39 is 10.3 Å². The molecule has 1 aromatic rings. The summed E-state index contributed by atoms with van der Waals surface area (Å²) in [4.78, 5) is 19.4. The third kappa shape index (κ3) is 1.86. The quantitative estimate of drug-likeness (QED) is 0.486. The molecule has 5 rings (SSSR count). The van der Waals surface area contributed by atoms with Gasteiger partial charge in [0, 0.05) is 12.7 Å². The van der Waals surface area contributed by atoms with Crippen LogP contribution in [0.1, 0.15) is 38.2 Å². The summed E-state index contributed by atoms with van der Waals surface area (Å²) < 4.78 is 6.21. The zero-order valence-electron chi connectivity index (χ0n) is 15.5. The van der Waals surface area contributed by atoms with Crippen LogP contribution in [0.4, 0.5) is 5.69 Å². The molecule has 1 aromatic carbocycles. The Morgan fingerprint density at radius 2 is 2.22 bits per heavy atom. The number of benzene rings is 1. The van der Waals surface area contributed by atoms with E-state index in [9.17, 15) is 4.79 Å². The van der Waals surface area contributed by atoms with Gasteiger partial charge in [-0.2, -0.15) is 0 Å². The van der Waals surface area contributed by atoms with E-state index in [1.165, 1.54) is 7.11 Å². The van der Waals surface area contributed by atoms with Crippen LogP contribution >= 0.6 is 27.5 Å². The SMILES string of the molecule is CC[C@@]12CCCN3C=C(Br)C4=Nc5ccccc5[C@]4([C@@H]31)[C@@](Cl)(C(=O)OC)C2. The number of para-hydroxylation sites is 1. The lowest BCUT2D eigenvalue weighted by atomic mass is 9.61. The lowest BCUT2D eigenvalue weighted by Crippen LogP contribution is -2.65. The van der Waals surface area contributed by atoms with Crippen molar-refractivity contribution in [2.75, 3.05) is 13.7 Å². The molecule has 0 unspecified atom stereocenters. The van der Waals surface area contributed by atoms with Crippen molar-refractivity contribution < 1.29 is 9.53 Å². The number of fused-ring (bicyclic) bond motifs is 1.